The second-order valence-corrected chi connectivity index (χ2v) is 6.59. The fraction of sp³-hybridized carbons (Fsp3) is 0.625. The highest BCUT2D eigenvalue weighted by molar-refractivity contribution is 14.1. The van der Waals surface area contributed by atoms with Crippen LogP contribution in [0.25, 0.3) is 0 Å². The lowest BCUT2D eigenvalue weighted by atomic mass is 10.0. The number of halogens is 5. The monoisotopic (exact) mass is 431 g/mol. The van der Waals surface area contributed by atoms with Gasteiger partial charge in [0.15, 0.2) is 0 Å². The summed E-state index contributed by atoms with van der Waals surface area (Å²) in [6.45, 7) is 2.28. The average molecular weight is 431 g/mol. The zero-order valence-electron chi connectivity index (χ0n) is 13.1. The van der Waals surface area contributed by atoms with E-state index in [9.17, 15) is 17.3 Å². The molecule has 6 heteroatoms. The number of unbranched alkanes of at least 4 members (excludes halogenated alkanes) is 7. The first-order valence-corrected chi connectivity index (χ1v) is 9.02. The molecule has 0 aliphatic rings. The van der Waals surface area contributed by atoms with Gasteiger partial charge in [-0.15, -0.1) is 0 Å². The molecule has 0 nitrogen and oxygen atoms in total. The topological polar surface area (TPSA) is 0 Å². The van der Waals surface area contributed by atoms with E-state index in [4.69, 9.17) is 0 Å². The zero-order chi connectivity index (χ0) is 16.8. The second-order valence-electron chi connectivity index (χ2n) is 5.35. The van der Waals surface area contributed by atoms with Gasteiger partial charge in [-0.1, -0.05) is 64.0 Å². The van der Waals surface area contributed by atoms with Crippen LogP contribution in [0, 0.1) is 3.57 Å². The first kappa shape index (κ1) is 21.7. The summed E-state index contributed by atoms with van der Waals surface area (Å²) >= 11 is 2.36. The van der Waals surface area contributed by atoms with Crippen molar-refractivity contribution in [2.45, 2.75) is 64.7 Å². The Kier molecular flexibility index (Phi) is 13.0. The lowest BCUT2D eigenvalue weighted by Crippen LogP contribution is -2.02. The van der Waals surface area contributed by atoms with E-state index in [0.29, 0.717) is 0 Å². The highest BCUT2D eigenvalue weighted by Crippen LogP contribution is 2.12. The van der Waals surface area contributed by atoms with Gasteiger partial charge in [-0.05, 0) is 53.1 Å². The smallest absolute Gasteiger partial charge is 0.418 e. The van der Waals surface area contributed by atoms with Crippen LogP contribution in [0.4, 0.5) is 17.3 Å². The lowest BCUT2D eigenvalue weighted by molar-refractivity contribution is 0.368. The maximum atomic E-state index is 9.75. The van der Waals surface area contributed by atoms with E-state index < -0.39 is 7.25 Å². The highest BCUT2D eigenvalue weighted by atomic mass is 127. The molecule has 128 valence electrons. The Morgan fingerprint density at radius 1 is 0.773 bits per heavy atom. The zero-order valence-corrected chi connectivity index (χ0v) is 15.3. The van der Waals surface area contributed by atoms with Crippen molar-refractivity contribution in [2.75, 3.05) is 0 Å². The first-order valence-electron chi connectivity index (χ1n) is 7.94. The molecule has 22 heavy (non-hydrogen) atoms. The number of rotatable bonds is 9. The van der Waals surface area contributed by atoms with E-state index >= 15 is 0 Å². The highest BCUT2D eigenvalue weighted by Gasteiger charge is 2.20. The molecule has 1 aromatic carbocycles. The number of benzene rings is 1. The second kappa shape index (κ2) is 13.2. The van der Waals surface area contributed by atoms with Crippen molar-refractivity contribution in [3.63, 3.8) is 0 Å². The Morgan fingerprint density at radius 2 is 1.18 bits per heavy atom. The van der Waals surface area contributed by atoms with Crippen LogP contribution in [-0.4, -0.2) is 7.25 Å². The molecular weight excluding hydrogens is 406 g/mol. The molecule has 0 N–H and O–H groups in total. The van der Waals surface area contributed by atoms with Crippen LogP contribution in [0.2, 0.25) is 0 Å². The Bertz CT molecular complexity index is 359. The standard InChI is InChI=1S/C16H25I.BF4/c1-2-3-4-5-6-7-8-9-10-15-11-13-16(17)14-12-15;2-1(3,4)5/h11-14H,2-10H2,1H3;/q;-1. The van der Waals surface area contributed by atoms with Gasteiger partial charge in [0.05, 0.1) is 0 Å². The number of hydrogen-bond donors (Lipinski definition) is 0. The van der Waals surface area contributed by atoms with Crippen molar-refractivity contribution in [1.29, 1.82) is 0 Å². The molecule has 0 saturated heterocycles. The van der Waals surface area contributed by atoms with Gasteiger partial charge in [-0.2, -0.15) is 0 Å². The molecule has 0 atom stereocenters. The van der Waals surface area contributed by atoms with Gasteiger partial charge < -0.3 is 17.3 Å². The molecule has 0 saturated carbocycles. The normalized spacial score (nSPS) is 11.0. The van der Waals surface area contributed by atoms with Crippen LogP contribution in [-0.2, 0) is 6.42 Å². The minimum absolute atomic E-state index is 1.26. The van der Waals surface area contributed by atoms with Gasteiger partial charge in [0.25, 0.3) is 0 Å². The molecule has 0 bridgehead atoms. The first-order chi connectivity index (χ1) is 10.3. The maximum Gasteiger partial charge on any atom is 0.673 e. The van der Waals surface area contributed by atoms with Crippen molar-refractivity contribution in [3.05, 3.63) is 33.4 Å². The predicted molar refractivity (Wildman–Crippen MR) is 95.7 cm³/mol. The number of hydrogen-bond acceptors (Lipinski definition) is 0. The number of aryl methyl sites for hydroxylation is 1. The van der Waals surface area contributed by atoms with E-state index in [-0.39, 0.29) is 0 Å². The molecule has 0 radical (unpaired) electrons. The van der Waals surface area contributed by atoms with Crippen molar-refractivity contribution >= 4 is 29.8 Å². The van der Waals surface area contributed by atoms with Gasteiger partial charge in [0.1, 0.15) is 0 Å². The third-order valence-electron chi connectivity index (χ3n) is 3.23. The average Bonchev–Trinajstić information content (AvgIpc) is 2.42. The summed E-state index contributed by atoms with van der Waals surface area (Å²) < 4.78 is 40.3. The van der Waals surface area contributed by atoms with Crippen LogP contribution in [0.15, 0.2) is 24.3 Å². The Hall–Kier alpha value is -0.265. The fourth-order valence-electron chi connectivity index (χ4n) is 2.11. The van der Waals surface area contributed by atoms with Crippen LogP contribution in [0.3, 0.4) is 0 Å². The van der Waals surface area contributed by atoms with Crippen LogP contribution in [0.1, 0.15) is 63.9 Å². The summed E-state index contributed by atoms with van der Waals surface area (Å²) in [6.07, 6.45) is 12.5. The SMILES string of the molecule is CCCCCCCCCCc1ccc(I)cc1.F[B-](F)(F)F. The van der Waals surface area contributed by atoms with E-state index in [1.54, 1.807) is 0 Å². The molecule has 0 aliphatic heterocycles. The summed E-state index contributed by atoms with van der Waals surface area (Å²) in [6, 6.07) is 8.95. The molecule has 0 fully saturated rings. The minimum Gasteiger partial charge on any atom is -0.418 e. The van der Waals surface area contributed by atoms with Gasteiger partial charge in [0, 0.05) is 3.57 Å². The Morgan fingerprint density at radius 3 is 1.64 bits per heavy atom. The molecule has 0 spiro atoms. The molecule has 0 heterocycles. The predicted octanol–water partition coefficient (Wildman–Crippen LogP) is 7.27. The molecule has 0 aromatic heterocycles. The molecule has 1 aromatic rings. The summed E-state index contributed by atoms with van der Waals surface area (Å²) in [5.41, 5.74) is 1.50. The molecule has 0 unspecified atom stereocenters. The summed E-state index contributed by atoms with van der Waals surface area (Å²) in [7, 11) is -6.00. The van der Waals surface area contributed by atoms with E-state index in [1.165, 1.54) is 66.9 Å². The summed E-state index contributed by atoms with van der Waals surface area (Å²) in [4.78, 5) is 0. The van der Waals surface area contributed by atoms with E-state index in [2.05, 4.69) is 53.8 Å². The minimum atomic E-state index is -6.00. The van der Waals surface area contributed by atoms with Crippen molar-refractivity contribution in [2.24, 2.45) is 0 Å². The lowest BCUT2D eigenvalue weighted by Gasteiger charge is -2.02. The van der Waals surface area contributed by atoms with Crippen molar-refractivity contribution in [3.8, 4) is 0 Å². The molecule has 0 aliphatic carbocycles. The Balaban J connectivity index is 0.000000763. The third kappa shape index (κ3) is 17.8. The van der Waals surface area contributed by atoms with Gasteiger partial charge in [-0.3, -0.25) is 0 Å². The quantitative estimate of drug-likeness (QED) is 0.167. The maximum absolute atomic E-state index is 9.75. The molecule has 1 rings (SSSR count). The van der Waals surface area contributed by atoms with Crippen LogP contribution >= 0.6 is 22.6 Å². The van der Waals surface area contributed by atoms with Crippen LogP contribution < -0.4 is 0 Å². The van der Waals surface area contributed by atoms with Gasteiger partial charge in [-0.25, -0.2) is 0 Å². The Labute approximate surface area is 145 Å². The van der Waals surface area contributed by atoms with E-state index in [1.807, 2.05) is 0 Å². The summed E-state index contributed by atoms with van der Waals surface area (Å²) in [5, 5.41) is 0. The van der Waals surface area contributed by atoms with E-state index in [0.717, 1.165) is 0 Å². The van der Waals surface area contributed by atoms with Crippen molar-refractivity contribution < 1.29 is 17.3 Å². The third-order valence-corrected chi connectivity index (χ3v) is 3.95. The fourth-order valence-corrected chi connectivity index (χ4v) is 2.47. The van der Waals surface area contributed by atoms with Crippen LogP contribution in [0.5, 0.6) is 0 Å². The summed E-state index contributed by atoms with van der Waals surface area (Å²) in [5.74, 6) is 0. The van der Waals surface area contributed by atoms with Gasteiger partial charge in [0.2, 0.25) is 0 Å². The largest absolute Gasteiger partial charge is 0.673 e. The van der Waals surface area contributed by atoms with Crippen molar-refractivity contribution in [1.82, 2.24) is 0 Å². The molecule has 0 amide bonds. The van der Waals surface area contributed by atoms with Gasteiger partial charge >= 0.3 is 7.25 Å². The molecular formula is C16H25BF4I-.